The Morgan fingerprint density at radius 3 is 2.46 bits per heavy atom. The largest absolute Gasteiger partial charge is 0.493 e. The molecular formula is C21H36N2O3. The monoisotopic (exact) mass is 364 g/mol. The van der Waals surface area contributed by atoms with Crippen LogP contribution in [0.5, 0.6) is 0 Å². The van der Waals surface area contributed by atoms with Crippen LogP contribution in [0.4, 0.5) is 4.79 Å². The molecule has 0 aromatic heterocycles. The second-order valence-electron chi connectivity index (χ2n) is 8.67. The normalized spacial score (nSPS) is 24.6. The van der Waals surface area contributed by atoms with E-state index >= 15 is 0 Å². The second-order valence-corrected chi connectivity index (χ2v) is 8.67. The molecule has 0 saturated carbocycles. The minimum atomic E-state index is -0.431. The van der Waals surface area contributed by atoms with Crippen LogP contribution in [0.15, 0.2) is 24.0 Å². The van der Waals surface area contributed by atoms with Crippen LogP contribution in [-0.2, 0) is 9.47 Å². The lowest BCUT2D eigenvalue weighted by Gasteiger charge is -2.37. The van der Waals surface area contributed by atoms with Gasteiger partial charge in [-0.1, -0.05) is 19.9 Å². The van der Waals surface area contributed by atoms with E-state index in [1.165, 1.54) is 0 Å². The van der Waals surface area contributed by atoms with E-state index in [9.17, 15) is 4.79 Å². The minimum absolute atomic E-state index is 0.193. The molecule has 0 N–H and O–H groups in total. The maximum absolute atomic E-state index is 12.1. The fourth-order valence-electron chi connectivity index (χ4n) is 3.29. The zero-order valence-corrected chi connectivity index (χ0v) is 17.3. The fourth-order valence-corrected chi connectivity index (χ4v) is 3.29. The van der Waals surface area contributed by atoms with Crippen molar-refractivity contribution in [1.29, 1.82) is 0 Å². The summed E-state index contributed by atoms with van der Waals surface area (Å²) in [5.74, 6) is 2.11. The van der Waals surface area contributed by atoms with Gasteiger partial charge in [-0.15, -0.1) is 0 Å². The van der Waals surface area contributed by atoms with Crippen molar-refractivity contribution in [1.82, 2.24) is 9.80 Å². The average molecular weight is 365 g/mol. The molecule has 2 aliphatic rings. The molecule has 26 heavy (non-hydrogen) atoms. The first-order chi connectivity index (χ1) is 12.2. The number of hydrogen-bond donors (Lipinski definition) is 0. The van der Waals surface area contributed by atoms with Gasteiger partial charge >= 0.3 is 6.09 Å². The Bertz CT molecular complexity index is 528. The Morgan fingerprint density at radius 2 is 1.88 bits per heavy atom. The first-order valence-corrected chi connectivity index (χ1v) is 9.86. The number of allylic oxidation sites excluding steroid dienone is 3. The van der Waals surface area contributed by atoms with Crippen molar-refractivity contribution >= 4 is 6.09 Å². The highest BCUT2D eigenvalue weighted by Gasteiger charge is 2.28. The average Bonchev–Trinajstić information content (AvgIpc) is 2.56. The van der Waals surface area contributed by atoms with Crippen LogP contribution in [0.1, 0.15) is 47.5 Å². The van der Waals surface area contributed by atoms with Gasteiger partial charge < -0.3 is 14.4 Å². The first-order valence-electron chi connectivity index (χ1n) is 9.86. The van der Waals surface area contributed by atoms with Gasteiger partial charge in [-0.2, -0.15) is 0 Å². The van der Waals surface area contributed by atoms with Crippen molar-refractivity contribution in [2.75, 3.05) is 33.3 Å². The fraction of sp³-hybridized carbons (Fsp3) is 0.762. The molecule has 1 heterocycles. The van der Waals surface area contributed by atoms with Crippen LogP contribution in [0.3, 0.4) is 0 Å². The molecule has 1 saturated heterocycles. The summed E-state index contributed by atoms with van der Waals surface area (Å²) in [6.07, 6.45) is 8.28. The summed E-state index contributed by atoms with van der Waals surface area (Å²) in [4.78, 5) is 16.3. The van der Waals surface area contributed by atoms with Crippen LogP contribution in [-0.4, -0.2) is 60.8 Å². The molecule has 0 radical (unpaired) electrons. The molecule has 0 unspecified atom stereocenters. The number of piperidine rings is 1. The van der Waals surface area contributed by atoms with Gasteiger partial charge in [0.05, 0.1) is 0 Å². The highest BCUT2D eigenvalue weighted by Crippen LogP contribution is 2.23. The molecule has 1 amide bonds. The molecule has 0 bridgehead atoms. The Kier molecular flexibility index (Phi) is 7.16. The van der Waals surface area contributed by atoms with E-state index in [2.05, 4.69) is 44.0 Å². The summed E-state index contributed by atoms with van der Waals surface area (Å²) >= 11 is 0. The van der Waals surface area contributed by atoms with Gasteiger partial charge in [-0.3, -0.25) is 4.90 Å². The lowest BCUT2D eigenvalue weighted by Crippen LogP contribution is -2.47. The lowest BCUT2D eigenvalue weighted by atomic mass is 9.91. The summed E-state index contributed by atoms with van der Waals surface area (Å²) in [5.41, 5.74) is -0.431. The van der Waals surface area contributed by atoms with Crippen LogP contribution in [0.2, 0.25) is 0 Å². The second kappa shape index (κ2) is 8.94. The van der Waals surface area contributed by atoms with Crippen LogP contribution in [0.25, 0.3) is 0 Å². The minimum Gasteiger partial charge on any atom is -0.493 e. The Labute approximate surface area is 159 Å². The van der Waals surface area contributed by atoms with Gasteiger partial charge in [0.15, 0.2) is 0 Å². The topological polar surface area (TPSA) is 42.0 Å². The quantitative estimate of drug-likeness (QED) is 0.738. The number of likely N-dealkylation sites (tertiary alicyclic amines) is 1. The van der Waals surface area contributed by atoms with Crippen molar-refractivity contribution in [3.05, 3.63) is 24.0 Å². The number of ether oxygens (including phenoxy) is 2. The van der Waals surface area contributed by atoms with E-state index in [1.54, 1.807) is 0 Å². The predicted octanol–water partition coefficient (Wildman–Crippen LogP) is 4.06. The van der Waals surface area contributed by atoms with Crippen molar-refractivity contribution in [2.24, 2.45) is 11.8 Å². The van der Waals surface area contributed by atoms with Crippen LogP contribution >= 0.6 is 0 Å². The molecule has 1 fully saturated rings. The third kappa shape index (κ3) is 6.35. The highest BCUT2D eigenvalue weighted by atomic mass is 16.6. The van der Waals surface area contributed by atoms with Crippen molar-refractivity contribution in [3.63, 3.8) is 0 Å². The zero-order chi connectivity index (χ0) is 19.3. The summed E-state index contributed by atoms with van der Waals surface area (Å²) in [6, 6.07) is 0.493. The third-order valence-electron chi connectivity index (χ3n) is 5.27. The molecule has 0 aromatic rings. The number of amides is 1. The van der Waals surface area contributed by atoms with E-state index in [0.717, 1.165) is 38.2 Å². The van der Waals surface area contributed by atoms with Crippen molar-refractivity contribution in [3.8, 4) is 0 Å². The van der Waals surface area contributed by atoms with E-state index in [0.29, 0.717) is 24.5 Å². The molecule has 5 heteroatoms. The van der Waals surface area contributed by atoms with E-state index < -0.39 is 5.60 Å². The standard InChI is InChI=1S/C21H36N2O3/c1-16-7-8-19(15-17(16)2)25-14-13-22(6)18-9-11-23(12-10-18)20(24)26-21(3,4)5/h7-8,15-18H,9-14H2,1-6H3/t16-,17+/m0/s1. The molecule has 0 aromatic carbocycles. The molecule has 2 rings (SSSR count). The molecular weight excluding hydrogens is 328 g/mol. The Hall–Kier alpha value is -1.49. The molecule has 1 aliphatic heterocycles. The van der Waals surface area contributed by atoms with Gasteiger partial charge in [0.1, 0.15) is 18.0 Å². The lowest BCUT2D eigenvalue weighted by molar-refractivity contribution is 0.0147. The molecule has 1 aliphatic carbocycles. The maximum atomic E-state index is 12.1. The van der Waals surface area contributed by atoms with Crippen LogP contribution in [0, 0.1) is 11.8 Å². The van der Waals surface area contributed by atoms with Crippen molar-refractivity contribution in [2.45, 2.75) is 59.1 Å². The predicted molar refractivity (Wildman–Crippen MR) is 105 cm³/mol. The van der Waals surface area contributed by atoms with Crippen LogP contribution < -0.4 is 0 Å². The van der Waals surface area contributed by atoms with Gasteiger partial charge in [0, 0.05) is 25.7 Å². The molecule has 148 valence electrons. The zero-order valence-electron chi connectivity index (χ0n) is 17.3. The number of hydrogen-bond acceptors (Lipinski definition) is 4. The number of carbonyl (C=O) groups excluding carboxylic acids is 1. The van der Waals surface area contributed by atoms with Gasteiger partial charge in [-0.25, -0.2) is 4.79 Å². The Balaban J connectivity index is 1.68. The van der Waals surface area contributed by atoms with E-state index in [-0.39, 0.29) is 6.09 Å². The highest BCUT2D eigenvalue weighted by molar-refractivity contribution is 5.68. The number of likely N-dealkylation sites (N-methyl/N-ethyl adjacent to an activating group) is 1. The number of rotatable bonds is 5. The summed E-state index contributed by atoms with van der Waals surface area (Å²) in [7, 11) is 2.15. The number of carbonyl (C=O) groups is 1. The Morgan fingerprint density at radius 1 is 1.23 bits per heavy atom. The van der Waals surface area contributed by atoms with Crippen molar-refractivity contribution < 1.29 is 14.3 Å². The first kappa shape index (κ1) is 20.8. The summed E-state index contributed by atoms with van der Waals surface area (Å²) in [6.45, 7) is 13.3. The van der Waals surface area contributed by atoms with E-state index in [4.69, 9.17) is 9.47 Å². The summed E-state index contributed by atoms with van der Waals surface area (Å²) in [5, 5.41) is 0. The van der Waals surface area contributed by atoms with E-state index in [1.807, 2.05) is 25.7 Å². The maximum Gasteiger partial charge on any atom is 0.410 e. The van der Waals surface area contributed by atoms with Gasteiger partial charge in [0.25, 0.3) is 0 Å². The SMILES string of the molecule is C[C@@H]1C=C(OCCN(C)C2CCN(C(=O)OC(C)(C)C)CC2)C=C[C@@H]1C. The molecule has 0 spiro atoms. The molecule has 2 atom stereocenters. The number of nitrogens with zero attached hydrogens (tertiary/aromatic N) is 2. The van der Waals surface area contributed by atoms with Gasteiger partial charge in [0.2, 0.25) is 0 Å². The molecule has 5 nitrogen and oxygen atoms in total. The summed E-state index contributed by atoms with van der Waals surface area (Å²) < 4.78 is 11.4. The third-order valence-corrected chi connectivity index (χ3v) is 5.27. The van der Waals surface area contributed by atoms with Gasteiger partial charge in [-0.05, 0) is 64.6 Å². The smallest absolute Gasteiger partial charge is 0.410 e.